The van der Waals surface area contributed by atoms with Crippen molar-refractivity contribution in [1.82, 2.24) is 20.8 Å². The van der Waals surface area contributed by atoms with Crippen LogP contribution in [0.4, 0.5) is 0 Å². The van der Waals surface area contributed by atoms with E-state index in [0.717, 1.165) is 5.06 Å². The van der Waals surface area contributed by atoms with E-state index in [1.807, 2.05) is 0 Å². The molecule has 12 nitrogen and oxygen atoms in total. The lowest BCUT2D eigenvalue weighted by molar-refractivity contribution is -0.262. The van der Waals surface area contributed by atoms with Gasteiger partial charge in [0.1, 0.15) is 6.04 Å². The minimum Gasteiger partial charge on any atom is -0.396 e. The van der Waals surface area contributed by atoms with Crippen LogP contribution in [0, 0.1) is 0 Å². The quantitative estimate of drug-likeness (QED) is 0.158. The van der Waals surface area contributed by atoms with Crippen molar-refractivity contribution in [3.05, 3.63) is 23.3 Å². The van der Waals surface area contributed by atoms with Gasteiger partial charge in [0.15, 0.2) is 0 Å². The van der Waals surface area contributed by atoms with Crippen molar-refractivity contribution in [3.8, 4) is 0 Å². The summed E-state index contributed by atoms with van der Waals surface area (Å²) in [5.41, 5.74) is -0.410. The van der Waals surface area contributed by atoms with Crippen LogP contribution >= 0.6 is 0 Å². The number of hydrogen-bond donors (Lipinski definition) is 5. The van der Waals surface area contributed by atoms with Gasteiger partial charge in [-0.3, -0.25) is 24.4 Å². The Morgan fingerprint density at radius 1 is 1.18 bits per heavy atom. The molecule has 2 aliphatic rings. The summed E-state index contributed by atoms with van der Waals surface area (Å²) in [4.78, 5) is 55.5. The van der Waals surface area contributed by atoms with Crippen molar-refractivity contribution >= 4 is 23.6 Å². The molecule has 2 saturated heterocycles. The zero-order valence-electron chi connectivity index (χ0n) is 19.6. The molecule has 0 radical (unpaired) electrons. The van der Waals surface area contributed by atoms with Crippen molar-refractivity contribution in [1.29, 1.82) is 0 Å². The predicted octanol–water partition coefficient (Wildman–Crippen LogP) is -0.493. The number of nitrogens with zero attached hydrogens (tertiary/aromatic N) is 2. The summed E-state index contributed by atoms with van der Waals surface area (Å²) in [5.74, 6) is -2.18. The molecule has 0 bridgehead atoms. The number of piperazine rings is 1. The van der Waals surface area contributed by atoms with Crippen molar-refractivity contribution < 1.29 is 39.4 Å². The standard InChI is InChI=1S/C22H34N4O8/c1-15(6-11-27)13-18(29)25(33)9-3-5-17-20(31)24-22(21(32)23-17)8-4-10-26(34-22)19(30)14-16(2)7-12-28/h13-14,17,27-28,33H,3-12H2,1-2H3,(H,23,32)(H,24,31)/b15-13+,16-14+/t17?,22-/m0/s1. The Kier molecular flexibility index (Phi) is 10.2. The Hall–Kier alpha value is -2.80. The number of hydrogen-bond acceptors (Lipinski definition) is 8. The van der Waals surface area contributed by atoms with E-state index in [9.17, 15) is 24.4 Å². The van der Waals surface area contributed by atoms with Gasteiger partial charge in [0.25, 0.3) is 17.7 Å². The fourth-order valence-corrected chi connectivity index (χ4v) is 3.65. The van der Waals surface area contributed by atoms with E-state index in [4.69, 9.17) is 15.1 Å². The normalized spacial score (nSPS) is 23.6. The molecular formula is C22H34N4O8. The minimum absolute atomic E-state index is 0.0508. The van der Waals surface area contributed by atoms with Gasteiger partial charge in [-0.15, -0.1) is 0 Å². The Morgan fingerprint density at radius 3 is 2.47 bits per heavy atom. The summed E-state index contributed by atoms with van der Waals surface area (Å²) < 4.78 is 0. The molecule has 2 atom stereocenters. The number of aliphatic hydroxyl groups is 2. The maximum atomic E-state index is 12.8. The summed E-state index contributed by atoms with van der Waals surface area (Å²) in [6.45, 7) is 3.36. The average Bonchev–Trinajstić information content (AvgIpc) is 2.77. The summed E-state index contributed by atoms with van der Waals surface area (Å²) in [5, 5.41) is 34.5. The van der Waals surface area contributed by atoms with E-state index in [1.54, 1.807) is 13.8 Å². The number of rotatable bonds is 10. The van der Waals surface area contributed by atoms with Crippen LogP contribution in [0.15, 0.2) is 23.3 Å². The van der Waals surface area contributed by atoms with Crippen LogP contribution in [-0.4, -0.2) is 87.2 Å². The largest absolute Gasteiger partial charge is 0.396 e. The first-order valence-electron chi connectivity index (χ1n) is 11.3. The SMILES string of the molecule is C/C(=C\C(=O)N(O)CCCC1NC(=O)[C@@]2(CCCN(C(=O)/C=C(\C)CCO)O2)NC1=O)CCO. The lowest BCUT2D eigenvalue weighted by Gasteiger charge is -2.44. The van der Waals surface area contributed by atoms with Crippen molar-refractivity contribution in [2.24, 2.45) is 0 Å². The molecule has 2 heterocycles. The van der Waals surface area contributed by atoms with Gasteiger partial charge in [-0.05, 0) is 46.0 Å². The third-order valence-electron chi connectivity index (χ3n) is 5.58. The van der Waals surface area contributed by atoms with Crippen LogP contribution in [0.2, 0.25) is 0 Å². The van der Waals surface area contributed by atoms with E-state index < -0.39 is 35.4 Å². The van der Waals surface area contributed by atoms with Crippen LogP contribution in [0.25, 0.3) is 0 Å². The Labute approximate surface area is 198 Å². The van der Waals surface area contributed by atoms with Crippen LogP contribution in [0.3, 0.4) is 0 Å². The highest BCUT2D eigenvalue weighted by molar-refractivity contribution is 5.99. The molecule has 0 aromatic carbocycles. The van der Waals surface area contributed by atoms with Gasteiger partial charge in [0, 0.05) is 44.9 Å². The molecule has 0 saturated carbocycles. The first-order chi connectivity index (χ1) is 16.1. The fraction of sp³-hybridized carbons (Fsp3) is 0.636. The zero-order chi connectivity index (χ0) is 25.3. The molecule has 2 rings (SSSR count). The molecule has 0 aliphatic carbocycles. The topological polar surface area (TPSA) is 169 Å². The van der Waals surface area contributed by atoms with Gasteiger partial charge in [0.05, 0.1) is 0 Å². The lowest BCUT2D eigenvalue weighted by Crippen LogP contribution is -2.73. The van der Waals surface area contributed by atoms with Gasteiger partial charge in [-0.1, -0.05) is 11.1 Å². The Bertz CT molecular complexity index is 843. The fourth-order valence-electron chi connectivity index (χ4n) is 3.65. The Morgan fingerprint density at radius 2 is 1.82 bits per heavy atom. The van der Waals surface area contributed by atoms with E-state index in [-0.39, 0.29) is 45.6 Å². The molecular weight excluding hydrogens is 448 g/mol. The molecule has 2 fully saturated rings. The van der Waals surface area contributed by atoms with E-state index in [2.05, 4.69) is 10.6 Å². The van der Waals surface area contributed by atoms with E-state index >= 15 is 0 Å². The van der Waals surface area contributed by atoms with Gasteiger partial charge < -0.3 is 20.8 Å². The first kappa shape index (κ1) is 27.4. The molecule has 1 unspecified atom stereocenters. The maximum Gasteiger partial charge on any atom is 0.276 e. The number of amides is 4. The second kappa shape index (κ2) is 12.6. The molecule has 34 heavy (non-hydrogen) atoms. The molecule has 2 aliphatic heterocycles. The van der Waals surface area contributed by atoms with Crippen LogP contribution in [0.1, 0.15) is 52.4 Å². The average molecular weight is 483 g/mol. The van der Waals surface area contributed by atoms with E-state index in [0.29, 0.717) is 35.5 Å². The number of carbonyl (C=O) groups excluding carboxylic acids is 4. The molecule has 0 aromatic heterocycles. The molecule has 190 valence electrons. The number of aliphatic hydroxyl groups excluding tert-OH is 2. The first-order valence-corrected chi connectivity index (χ1v) is 11.3. The third kappa shape index (κ3) is 7.35. The molecule has 0 aromatic rings. The smallest absolute Gasteiger partial charge is 0.276 e. The highest BCUT2D eigenvalue weighted by atomic mass is 16.7. The zero-order valence-corrected chi connectivity index (χ0v) is 19.6. The molecule has 1 spiro atoms. The van der Waals surface area contributed by atoms with Crippen LogP contribution in [-0.2, 0) is 24.0 Å². The molecule has 12 heteroatoms. The third-order valence-corrected chi connectivity index (χ3v) is 5.58. The van der Waals surface area contributed by atoms with Crippen molar-refractivity contribution in [2.45, 2.75) is 64.1 Å². The van der Waals surface area contributed by atoms with Gasteiger partial charge in [-0.25, -0.2) is 15.0 Å². The van der Waals surface area contributed by atoms with Gasteiger partial charge >= 0.3 is 0 Å². The summed E-state index contributed by atoms with van der Waals surface area (Å²) in [7, 11) is 0. The second-order valence-corrected chi connectivity index (χ2v) is 8.51. The van der Waals surface area contributed by atoms with Gasteiger partial charge in [-0.2, -0.15) is 0 Å². The van der Waals surface area contributed by atoms with Crippen molar-refractivity contribution in [2.75, 3.05) is 26.3 Å². The minimum atomic E-state index is -1.69. The summed E-state index contributed by atoms with van der Waals surface area (Å²) in [6.07, 6.45) is 4.23. The van der Waals surface area contributed by atoms with Crippen LogP contribution in [0.5, 0.6) is 0 Å². The maximum absolute atomic E-state index is 12.8. The van der Waals surface area contributed by atoms with Crippen LogP contribution < -0.4 is 10.6 Å². The summed E-state index contributed by atoms with van der Waals surface area (Å²) in [6, 6.07) is -0.880. The molecule has 4 amide bonds. The highest BCUT2D eigenvalue weighted by Gasteiger charge is 2.51. The lowest BCUT2D eigenvalue weighted by atomic mass is 9.98. The number of hydroxylamine groups is 4. The highest BCUT2D eigenvalue weighted by Crippen LogP contribution is 2.27. The summed E-state index contributed by atoms with van der Waals surface area (Å²) >= 11 is 0. The second-order valence-electron chi connectivity index (χ2n) is 8.51. The Balaban J connectivity index is 1.91. The van der Waals surface area contributed by atoms with Crippen molar-refractivity contribution in [3.63, 3.8) is 0 Å². The monoisotopic (exact) mass is 482 g/mol. The number of carbonyl (C=O) groups is 4. The predicted molar refractivity (Wildman–Crippen MR) is 118 cm³/mol. The molecule has 5 N–H and O–H groups in total. The number of nitrogens with one attached hydrogen (secondary N) is 2. The van der Waals surface area contributed by atoms with E-state index in [1.165, 1.54) is 12.2 Å². The van der Waals surface area contributed by atoms with Gasteiger partial charge in [0.2, 0.25) is 11.6 Å².